The van der Waals surface area contributed by atoms with Crippen LogP contribution >= 0.6 is 15.9 Å². The minimum atomic E-state index is 0.383. The molecule has 4 nitrogen and oxygen atoms in total. The molecule has 0 aliphatic carbocycles. The van der Waals surface area contributed by atoms with Gasteiger partial charge in [-0.15, -0.1) is 6.42 Å². The van der Waals surface area contributed by atoms with Crippen LogP contribution in [-0.2, 0) is 0 Å². The molecule has 5 heteroatoms. The highest BCUT2D eigenvalue weighted by atomic mass is 79.9. The Morgan fingerprint density at radius 2 is 2.38 bits per heavy atom. The van der Waals surface area contributed by atoms with Gasteiger partial charge in [-0.1, -0.05) is 5.92 Å². The van der Waals surface area contributed by atoms with Gasteiger partial charge in [-0.05, 0) is 22.0 Å². The summed E-state index contributed by atoms with van der Waals surface area (Å²) in [6.07, 6.45) is 6.69. The second-order valence-corrected chi connectivity index (χ2v) is 3.24. The second kappa shape index (κ2) is 2.75. The number of rotatable bonds is 0. The lowest BCUT2D eigenvalue weighted by molar-refractivity contribution is 0.889. The smallest absolute Gasteiger partial charge is 0.152 e. The summed E-state index contributed by atoms with van der Waals surface area (Å²) < 4.78 is 2.38. The zero-order chi connectivity index (χ0) is 9.42. The van der Waals surface area contributed by atoms with Gasteiger partial charge in [0.1, 0.15) is 16.4 Å². The molecule has 0 radical (unpaired) electrons. The monoisotopic (exact) mass is 236 g/mol. The molecule has 0 bridgehead atoms. The first-order chi connectivity index (χ1) is 6.24. The normalized spacial score (nSPS) is 10.2. The third kappa shape index (κ3) is 1.07. The maximum atomic E-state index is 5.66. The molecule has 0 aliphatic rings. The molecule has 0 aliphatic heterocycles. The summed E-state index contributed by atoms with van der Waals surface area (Å²) >= 11 is 3.31. The first-order valence-electron chi connectivity index (χ1n) is 3.48. The number of terminal acetylenes is 1. The minimum Gasteiger partial charge on any atom is -0.382 e. The molecule has 2 aromatic heterocycles. The van der Waals surface area contributed by atoms with Gasteiger partial charge in [-0.25, -0.2) is 9.50 Å². The average Bonchev–Trinajstić information content (AvgIpc) is 2.45. The van der Waals surface area contributed by atoms with Crippen molar-refractivity contribution in [2.45, 2.75) is 0 Å². The Morgan fingerprint density at radius 3 is 3.08 bits per heavy atom. The molecule has 0 aromatic carbocycles. The van der Waals surface area contributed by atoms with Crippen LogP contribution in [0.3, 0.4) is 0 Å². The van der Waals surface area contributed by atoms with Crippen LogP contribution in [0.1, 0.15) is 5.56 Å². The molecular formula is C8H5BrN4. The molecule has 2 rings (SSSR count). The van der Waals surface area contributed by atoms with E-state index < -0.39 is 0 Å². The highest BCUT2D eigenvalue weighted by Gasteiger charge is 2.09. The van der Waals surface area contributed by atoms with Gasteiger partial charge in [0.25, 0.3) is 0 Å². The van der Waals surface area contributed by atoms with Crippen LogP contribution in [0.15, 0.2) is 17.0 Å². The maximum absolute atomic E-state index is 5.66. The summed E-state index contributed by atoms with van der Waals surface area (Å²) in [5.74, 6) is 2.90. The number of nitrogens with two attached hydrogens (primary N) is 1. The van der Waals surface area contributed by atoms with E-state index in [0.29, 0.717) is 16.9 Å². The van der Waals surface area contributed by atoms with E-state index in [0.717, 1.165) is 4.60 Å². The third-order valence-corrected chi connectivity index (χ3v) is 2.26. The number of aromatic nitrogens is 3. The predicted molar refractivity (Wildman–Crippen MR) is 53.0 cm³/mol. The van der Waals surface area contributed by atoms with Crippen LogP contribution in [0.4, 0.5) is 5.82 Å². The van der Waals surface area contributed by atoms with Crippen LogP contribution in [-0.4, -0.2) is 14.6 Å². The Balaban J connectivity index is 2.99. The van der Waals surface area contributed by atoms with E-state index in [9.17, 15) is 0 Å². The molecule has 0 spiro atoms. The largest absolute Gasteiger partial charge is 0.382 e. The molecule has 0 atom stereocenters. The van der Waals surface area contributed by atoms with E-state index in [1.54, 1.807) is 10.6 Å². The fraction of sp³-hybridized carbons (Fsp3) is 0. The number of fused-ring (bicyclic) bond motifs is 1. The van der Waals surface area contributed by atoms with E-state index in [4.69, 9.17) is 12.2 Å². The van der Waals surface area contributed by atoms with Gasteiger partial charge in [0.15, 0.2) is 5.82 Å². The number of halogens is 1. The molecule has 13 heavy (non-hydrogen) atoms. The fourth-order valence-corrected chi connectivity index (χ4v) is 1.64. The number of nitrogen functional groups attached to an aromatic ring is 1. The molecule has 0 fully saturated rings. The molecule has 2 N–H and O–H groups in total. The highest BCUT2D eigenvalue weighted by Crippen LogP contribution is 2.22. The van der Waals surface area contributed by atoms with Crippen molar-refractivity contribution in [3.63, 3.8) is 0 Å². The SMILES string of the molecule is C#Cc1cc(Br)n2ncnc(N)c12. The van der Waals surface area contributed by atoms with Gasteiger partial charge in [0.05, 0.1) is 5.56 Å². The second-order valence-electron chi connectivity index (χ2n) is 2.43. The standard InChI is InChI=1S/C8H5BrN4/c1-2-5-3-6(9)13-7(5)8(10)11-4-12-13/h1,3-4H,(H2,10,11,12). The number of hydrogen-bond donors (Lipinski definition) is 1. The van der Waals surface area contributed by atoms with E-state index in [2.05, 4.69) is 31.9 Å². The van der Waals surface area contributed by atoms with Crippen LogP contribution in [0, 0.1) is 12.3 Å². The van der Waals surface area contributed by atoms with Gasteiger partial charge in [0.2, 0.25) is 0 Å². The minimum absolute atomic E-state index is 0.383. The topological polar surface area (TPSA) is 56.2 Å². The zero-order valence-electron chi connectivity index (χ0n) is 6.53. The van der Waals surface area contributed by atoms with Gasteiger partial charge in [0, 0.05) is 0 Å². The summed E-state index contributed by atoms with van der Waals surface area (Å²) in [5.41, 5.74) is 7.01. The Hall–Kier alpha value is -1.54. The van der Waals surface area contributed by atoms with E-state index >= 15 is 0 Å². The van der Waals surface area contributed by atoms with Gasteiger partial charge in [-0.3, -0.25) is 0 Å². The summed E-state index contributed by atoms with van der Waals surface area (Å²) in [4.78, 5) is 3.86. The lowest BCUT2D eigenvalue weighted by Gasteiger charge is -1.97. The van der Waals surface area contributed by atoms with Crippen LogP contribution in [0.2, 0.25) is 0 Å². The maximum Gasteiger partial charge on any atom is 0.152 e. The highest BCUT2D eigenvalue weighted by molar-refractivity contribution is 9.10. The van der Waals surface area contributed by atoms with Gasteiger partial charge in [-0.2, -0.15) is 5.10 Å². The van der Waals surface area contributed by atoms with Crippen molar-refractivity contribution in [2.24, 2.45) is 0 Å². The fourth-order valence-electron chi connectivity index (χ4n) is 1.14. The van der Waals surface area contributed by atoms with E-state index in [1.807, 2.05) is 0 Å². The lowest BCUT2D eigenvalue weighted by Crippen LogP contribution is -1.99. The zero-order valence-corrected chi connectivity index (χ0v) is 8.12. The van der Waals surface area contributed by atoms with Crippen molar-refractivity contribution >= 4 is 27.3 Å². The van der Waals surface area contributed by atoms with Gasteiger partial charge < -0.3 is 5.73 Å². The first kappa shape index (κ1) is 8.08. The Bertz CT molecular complexity index is 509. The summed E-state index contributed by atoms with van der Waals surface area (Å²) in [7, 11) is 0. The van der Waals surface area contributed by atoms with Crippen molar-refractivity contribution in [1.82, 2.24) is 14.6 Å². The summed E-state index contributed by atoms with van der Waals surface area (Å²) in [5, 5.41) is 3.99. The molecule has 0 amide bonds. The van der Waals surface area contributed by atoms with Crippen LogP contribution < -0.4 is 5.73 Å². The van der Waals surface area contributed by atoms with E-state index in [1.165, 1.54) is 6.33 Å². The Kier molecular flexibility index (Phi) is 1.71. The quantitative estimate of drug-likeness (QED) is 0.697. The molecular weight excluding hydrogens is 232 g/mol. The van der Waals surface area contributed by atoms with Gasteiger partial charge >= 0.3 is 0 Å². The predicted octanol–water partition coefficient (Wildman–Crippen LogP) is 1.06. The number of anilines is 1. The Labute approximate surface area is 82.9 Å². The number of hydrogen-bond acceptors (Lipinski definition) is 3. The third-order valence-electron chi connectivity index (χ3n) is 1.69. The van der Waals surface area contributed by atoms with Crippen LogP contribution in [0.25, 0.3) is 5.52 Å². The molecule has 2 aromatic rings. The van der Waals surface area contributed by atoms with E-state index in [-0.39, 0.29) is 0 Å². The molecule has 0 unspecified atom stereocenters. The number of nitrogens with zero attached hydrogens (tertiary/aromatic N) is 3. The van der Waals surface area contributed by atoms with Crippen molar-refractivity contribution in [1.29, 1.82) is 0 Å². The molecule has 2 heterocycles. The van der Waals surface area contributed by atoms with Crippen molar-refractivity contribution in [3.8, 4) is 12.3 Å². The molecule has 64 valence electrons. The lowest BCUT2D eigenvalue weighted by atomic mass is 10.3. The first-order valence-corrected chi connectivity index (χ1v) is 4.27. The molecule has 0 saturated heterocycles. The summed E-state index contributed by atoms with van der Waals surface area (Å²) in [6.45, 7) is 0. The van der Waals surface area contributed by atoms with Crippen molar-refractivity contribution in [2.75, 3.05) is 5.73 Å². The molecule has 0 saturated carbocycles. The van der Waals surface area contributed by atoms with Crippen LogP contribution in [0.5, 0.6) is 0 Å². The average molecular weight is 237 g/mol. The Morgan fingerprint density at radius 1 is 1.62 bits per heavy atom. The van der Waals surface area contributed by atoms with Crippen molar-refractivity contribution < 1.29 is 0 Å². The van der Waals surface area contributed by atoms with Crippen molar-refractivity contribution in [3.05, 3.63) is 22.6 Å². The summed E-state index contributed by atoms with van der Waals surface area (Å²) in [6, 6.07) is 1.78.